The van der Waals surface area contributed by atoms with Crippen LogP contribution in [0.15, 0.2) is 24.3 Å². The largest absolute Gasteiger partial charge is 0.459 e. The first-order chi connectivity index (χ1) is 7.29. The van der Waals surface area contributed by atoms with Crippen molar-refractivity contribution in [2.24, 2.45) is 0 Å². The first kappa shape index (κ1) is 13.5. The van der Waals surface area contributed by atoms with Crippen LogP contribution >= 0.6 is 27.5 Å². The molecule has 0 N–H and O–H groups in total. The summed E-state index contributed by atoms with van der Waals surface area (Å²) in [6.45, 7) is 5.52. The third-order valence-electron chi connectivity index (χ3n) is 1.78. The molecular weight excluding hydrogens is 291 g/mol. The predicted molar refractivity (Wildman–Crippen MR) is 69.0 cm³/mol. The van der Waals surface area contributed by atoms with E-state index in [1.165, 1.54) is 0 Å². The van der Waals surface area contributed by atoms with E-state index in [9.17, 15) is 4.79 Å². The molecule has 0 radical (unpaired) electrons. The Balaban J connectivity index is 2.74. The van der Waals surface area contributed by atoms with Crippen molar-refractivity contribution in [1.82, 2.24) is 0 Å². The maximum Gasteiger partial charge on any atom is 0.324 e. The van der Waals surface area contributed by atoms with Crippen LogP contribution in [-0.2, 0) is 9.53 Å². The third kappa shape index (κ3) is 4.14. The van der Waals surface area contributed by atoms with Gasteiger partial charge in [0.25, 0.3) is 0 Å². The molecule has 0 aliphatic rings. The van der Waals surface area contributed by atoms with Crippen LogP contribution in [0.1, 0.15) is 31.2 Å². The standard InChI is InChI=1S/C12H14BrClO2/c1-12(2,3)16-11(15)10(13)8-4-6-9(14)7-5-8/h4-7,10H,1-3H3. The van der Waals surface area contributed by atoms with Crippen LogP contribution in [-0.4, -0.2) is 11.6 Å². The fraction of sp³-hybridized carbons (Fsp3) is 0.417. The summed E-state index contributed by atoms with van der Waals surface area (Å²) in [5.74, 6) is -0.296. The normalized spacial score (nSPS) is 13.3. The number of esters is 1. The molecule has 0 heterocycles. The average molecular weight is 306 g/mol. The molecule has 88 valence electrons. The number of rotatable bonds is 2. The van der Waals surface area contributed by atoms with Crippen molar-refractivity contribution in [3.05, 3.63) is 34.9 Å². The fourth-order valence-corrected chi connectivity index (χ4v) is 1.65. The summed E-state index contributed by atoms with van der Waals surface area (Å²) in [5, 5.41) is 0.646. The van der Waals surface area contributed by atoms with Gasteiger partial charge < -0.3 is 4.74 Å². The Labute approximate surface area is 109 Å². The third-order valence-corrected chi connectivity index (χ3v) is 2.93. The zero-order chi connectivity index (χ0) is 12.3. The molecule has 1 aromatic rings. The van der Waals surface area contributed by atoms with Gasteiger partial charge in [0, 0.05) is 5.02 Å². The molecule has 16 heavy (non-hydrogen) atoms. The molecule has 1 atom stereocenters. The molecule has 2 nitrogen and oxygen atoms in total. The van der Waals surface area contributed by atoms with Crippen molar-refractivity contribution in [1.29, 1.82) is 0 Å². The average Bonchev–Trinajstić information content (AvgIpc) is 2.15. The van der Waals surface area contributed by atoms with Gasteiger partial charge in [-0.05, 0) is 38.5 Å². The molecule has 1 aromatic carbocycles. The van der Waals surface area contributed by atoms with Crippen LogP contribution in [0.25, 0.3) is 0 Å². The minimum atomic E-state index is -0.477. The molecule has 1 rings (SSSR count). The molecular formula is C12H14BrClO2. The van der Waals surface area contributed by atoms with E-state index in [0.717, 1.165) is 5.56 Å². The van der Waals surface area contributed by atoms with Gasteiger partial charge >= 0.3 is 5.97 Å². The number of carbonyl (C=O) groups is 1. The molecule has 0 bridgehead atoms. The summed E-state index contributed by atoms with van der Waals surface area (Å²) in [4.78, 5) is 11.3. The van der Waals surface area contributed by atoms with Crippen molar-refractivity contribution in [2.75, 3.05) is 0 Å². The van der Waals surface area contributed by atoms with Gasteiger partial charge in [-0.15, -0.1) is 0 Å². The monoisotopic (exact) mass is 304 g/mol. The highest BCUT2D eigenvalue weighted by Gasteiger charge is 2.24. The Hall–Kier alpha value is -0.540. The zero-order valence-corrected chi connectivity index (χ0v) is 11.8. The van der Waals surface area contributed by atoms with Crippen LogP contribution in [0.2, 0.25) is 5.02 Å². The second-order valence-electron chi connectivity index (χ2n) is 4.45. The van der Waals surface area contributed by atoms with Gasteiger partial charge in [0.15, 0.2) is 0 Å². The van der Waals surface area contributed by atoms with Gasteiger partial charge in [0.2, 0.25) is 0 Å². The Morgan fingerprint density at radius 2 is 1.81 bits per heavy atom. The summed E-state index contributed by atoms with van der Waals surface area (Å²) in [6.07, 6.45) is 0. The van der Waals surface area contributed by atoms with Crippen LogP contribution in [0.4, 0.5) is 0 Å². The highest BCUT2D eigenvalue weighted by Crippen LogP contribution is 2.27. The molecule has 0 aliphatic carbocycles. The summed E-state index contributed by atoms with van der Waals surface area (Å²) in [7, 11) is 0. The Morgan fingerprint density at radius 3 is 2.25 bits per heavy atom. The minimum Gasteiger partial charge on any atom is -0.459 e. The van der Waals surface area contributed by atoms with Crippen LogP contribution in [0.5, 0.6) is 0 Å². The number of alkyl halides is 1. The number of hydrogen-bond acceptors (Lipinski definition) is 2. The Bertz CT molecular complexity index is 368. The van der Waals surface area contributed by atoms with Gasteiger partial charge in [0.1, 0.15) is 10.4 Å². The van der Waals surface area contributed by atoms with E-state index in [4.69, 9.17) is 16.3 Å². The molecule has 1 unspecified atom stereocenters. The predicted octanol–water partition coefficient (Wildman–Crippen LogP) is 4.12. The van der Waals surface area contributed by atoms with E-state index >= 15 is 0 Å². The fourth-order valence-electron chi connectivity index (χ4n) is 1.12. The first-order valence-electron chi connectivity index (χ1n) is 4.92. The number of hydrogen-bond donors (Lipinski definition) is 0. The second-order valence-corrected chi connectivity index (χ2v) is 5.80. The van der Waals surface area contributed by atoms with E-state index in [0.29, 0.717) is 5.02 Å². The van der Waals surface area contributed by atoms with Crippen LogP contribution < -0.4 is 0 Å². The lowest BCUT2D eigenvalue weighted by Crippen LogP contribution is -2.25. The lowest BCUT2D eigenvalue weighted by molar-refractivity contribution is -0.154. The summed E-state index contributed by atoms with van der Waals surface area (Å²) < 4.78 is 5.27. The van der Waals surface area contributed by atoms with Crippen molar-refractivity contribution in [3.8, 4) is 0 Å². The topological polar surface area (TPSA) is 26.3 Å². The van der Waals surface area contributed by atoms with E-state index < -0.39 is 10.4 Å². The van der Waals surface area contributed by atoms with Gasteiger partial charge in [-0.3, -0.25) is 4.79 Å². The molecule has 0 saturated heterocycles. The maximum atomic E-state index is 11.7. The molecule has 0 fully saturated rings. The number of ether oxygens (including phenoxy) is 1. The molecule has 4 heteroatoms. The van der Waals surface area contributed by atoms with Gasteiger partial charge in [0.05, 0.1) is 0 Å². The number of carbonyl (C=O) groups excluding carboxylic acids is 1. The lowest BCUT2D eigenvalue weighted by atomic mass is 10.1. The smallest absolute Gasteiger partial charge is 0.324 e. The van der Waals surface area contributed by atoms with E-state index in [-0.39, 0.29) is 5.97 Å². The molecule has 0 aromatic heterocycles. The number of benzene rings is 1. The van der Waals surface area contributed by atoms with E-state index in [2.05, 4.69) is 15.9 Å². The SMILES string of the molecule is CC(C)(C)OC(=O)C(Br)c1ccc(Cl)cc1. The van der Waals surface area contributed by atoms with E-state index in [1.807, 2.05) is 20.8 Å². The zero-order valence-electron chi connectivity index (χ0n) is 9.46. The van der Waals surface area contributed by atoms with Crippen molar-refractivity contribution in [2.45, 2.75) is 31.2 Å². The quantitative estimate of drug-likeness (QED) is 0.607. The maximum absolute atomic E-state index is 11.7. The highest BCUT2D eigenvalue weighted by atomic mass is 79.9. The van der Waals surface area contributed by atoms with Crippen molar-refractivity contribution in [3.63, 3.8) is 0 Å². The summed E-state index contributed by atoms with van der Waals surface area (Å²) >= 11 is 9.08. The van der Waals surface area contributed by atoms with E-state index in [1.54, 1.807) is 24.3 Å². The number of halogens is 2. The second kappa shape index (κ2) is 5.19. The van der Waals surface area contributed by atoms with Gasteiger partial charge in [-0.25, -0.2) is 0 Å². The Morgan fingerprint density at radius 1 is 1.31 bits per heavy atom. The van der Waals surface area contributed by atoms with Gasteiger partial charge in [-0.2, -0.15) is 0 Å². The summed E-state index contributed by atoms with van der Waals surface area (Å²) in [5.41, 5.74) is 0.355. The summed E-state index contributed by atoms with van der Waals surface area (Å²) in [6, 6.07) is 7.09. The lowest BCUT2D eigenvalue weighted by Gasteiger charge is -2.21. The molecule has 0 spiro atoms. The first-order valence-corrected chi connectivity index (χ1v) is 6.21. The van der Waals surface area contributed by atoms with Crippen LogP contribution in [0.3, 0.4) is 0 Å². The molecule has 0 aliphatic heterocycles. The van der Waals surface area contributed by atoms with Crippen molar-refractivity contribution >= 4 is 33.5 Å². The molecule has 0 saturated carbocycles. The van der Waals surface area contributed by atoms with Crippen LogP contribution in [0, 0.1) is 0 Å². The minimum absolute atomic E-state index is 0.296. The van der Waals surface area contributed by atoms with Crippen molar-refractivity contribution < 1.29 is 9.53 Å². The highest BCUT2D eigenvalue weighted by molar-refractivity contribution is 9.09. The molecule has 0 amide bonds. The van der Waals surface area contributed by atoms with Gasteiger partial charge in [-0.1, -0.05) is 39.7 Å². The Kier molecular flexibility index (Phi) is 4.39.